The molecule has 43 heavy (non-hydrogen) atoms. The monoisotopic (exact) mass is 628 g/mol. The highest BCUT2D eigenvalue weighted by Gasteiger charge is 2.52. The molecular formula is C29H34ClF5N6O2. The van der Waals surface area contributed by atoms with E-state index in [0.29, 0.717) is 42.2 Å². The predicted octanol–water partition coefficient (Wildman–Crippen LogP) is 5.64. The fourth-order valence-electron chi connectivity index (χ4n) is 6.88. The van der Waals surface area contributed by atoms with E-state index in [9.17, 15) is 27.1 Å². The Bertz CT molecular complexity index is 1450. The van der Waals surface area contributed by atoms with E-state index in [1.165, 1.54) is 12.1 Å². The van der Waals surface area contributed by atoms with E-state index in [1.54, 1.807) is 0 Å². The van der Waals surface area contributed by atoms with Crippen LogP contribution in [0.2, 0.25) is 5.28 Å². The normalized spacial score (nSPS) is 25.8. The molecule has 8 nitrogen and oxygen atoms in total. The number of hydrogen-bond acceptors (Lipinski definition) is 7. The van der Waals surface area contributed by atoms with Gasteiger partial charge in [0.1, 0.15) is 5.82 Å². The Balaban J connectivity index is 1.32. The summed E-state index contributed by atoms with van der Waals surface area (Å²) >= 11 is 6.43. The van der Waals surface area contributed by atoms with Crippen LogP contribution >= 0.6 is 11.6 Å². The zero-order valence-electron chi connectivity index (χ0n) is 23.9. The van der Waals surface area contributed by atoms with Crippen molar-refractivity contribution in [2.24, 2.45) is 5.92 Å². The number of aliphatic hydroxyl groups is 1. The SMILES string of the molecule is Cc1nc2c(N3C[C@@H](CO)N(C(c4ccc(C(F)(F)F)cc4)C4CC(F)(F)C4)C[C@@H]3C)nc(Cl)nc2n1C[C@@H]1CCCO1. The minimum atomic E-state index is -4.51. The molecule has 3 aromatic rings. The largest absolute Gasteiger partial charge is 0.416 e. The second-order valence-corrected chi connectivity index (χ2v) is 12.4. The third-order valence-electron chi connectivity index (χ3n) is 9.02. The molecule has 4 atom stereocenters. The van der Waals surface area contributed by atoms with Crippen LogP contribution < -0.4 is 4.90 Å². The topological polar surface area (TPSA) is 79.5 Å². The molecule has 2 aromatic heterocycles. The molecule has 3 fully saturated rings. The Morgan fingerprint density at radius 1 is 1.12 bits per heavy atom. The van der Waals surface area contributed by atoms with Crippen molar-refractivity contribution in [3.8, 4) is 0 Å². The number of hydrogen-bond donors (Lipinski definition) is 1. The van der Waals surface area contributed by atoms with Gasteiger partial charge in [-0.15, -0.1) is 0 Å². The zero-order chi connectivity index (χ0) is 30.7. The maximum absolute atomic E-state index is 14.1. The van der Waals surface area contributed by atoms with Crippen LogP contribution in [0.4, 0.5) is 27.8 Å². The number of alkyl halides is 5. The predicted molar refractivity (Wildman–Crippen MR) is 150 cm³/mol. The Morgan fingerprint density at radius 3 is 2.44 bits per heavy atom. The minimum absolute atomic E-state index is 0.0468. The highest BCUT2D eigenvalue weighted by atomic mass is 35.5. The van der Waals surface area contributed by atoms with Crippen LogP contribution in [0.15, 0.2) is 24.3 Å². The van der Waals surface area contributed by atoms with Crippen molar-refractivity contribution in [3.63, 3.8) is 0 Å². The molecule has 6 rings (SSSR count). The van der Waals surface area contributed by atoms with Gasteiger partial charge in [0.25, 0.3) is 0 Å². The zero-order valence-corrected chi connectivity index (χ0v) is 24.6. The molecular weight excluding hydrogens is 595 g/mol. The first-order valence-electron chi connectivity index (χ1n) is 14.5. The third kappa shape index (κ3) is 5.93. The number of piperazine rings is 1. The molecule has 4 heterocycles. The quantitative estimate of drug-likeness (QED) is 0.268. The first kappa shape index (κ1) is 30.4. The Labute approximate surface area is 250 Å². The number of benzene rings is 1. The number of aromatic nitrogens is 4. The average Bonchev–Trinajstić information content (AvgIpc) is 3.55. The van der Waals surface area contributed by atoms with Gasteiger partial charge in [-0.25, -0.2) is 13.8 Å². The fraction of sp³-hybridized carbons (Fsp3) is 0.621. The summed E-state index contributed by atoms with van der Waals surface area (Å²) < 4.78 is 75.8. The van der Waals surface area contributed by atoms with Crippen LogP contribution in [0, 0.1) is 12.8 Å². The standard InChI is InChI=1S/C29H34ClF5N6O2/c1-16-12-41(24(19-10-28(31,32)11-19)18-5-7-20(8-6-18)29(33,34)35)21(15-42)13-39(16)25-23-26(38-27(30)37-25)40(17(2)36-23)14-22-4-3-9-43-22/h5-8,16,19,21-22,24,42H,3-4,9-15H2,1-2H3/t16-,21-,22-,24?/m0/s1. The van der Waals surface area contributed by atoms with Gasteiger partial charge in [-0.3, -0.25) is 4.90 Å². The lowest BCUT2D eigenvalue weighted by molar-refractivity contribution is -0.139. The van der Waals surface area contributed by atoms with Gasteiger partial charge in [-0.05, 0) is 61.9 Å². The highest BCUT2D eigenvalue weighted by Crippen LogP contribution is 2.51. The van der Waals surface area contributed by atoms with Crippen molar-refractivity contribution in [1.82, 2.24) is 24.4 Å². The Kier molecular flexibility index (Phi) is 8.06. The molecule has 0 amide bonds. The summed E-state index contributed by atoms with van der Waals surface area (Å²) in [4.78, 5) is 17.8. The second-order valence-electron chi connectivity index (χ2n) is 12.0. The van der Waals surface area contributed by atoms with Gasteiger partial charge >= 0.3 is 6.18 Å². The van der Waals surface area contributed by atoms with E-state index in [2.05, 4.69) is 9.97 Å². The van der Waals surface area contributed by atoms with E-state index in [1.807, 2.05) is 28.2 Å². The molecule has 1 aromatic carbocycles. The molecule has 0 radical (unpaired) electrons. The molecule has 14 heteroatoms. The van der Waals surface area contributed by atoms with Crippen LogP contribution in [0.5, 0.6) is 0 Å². The summed E-state index contributed by atoms with van der Waals surface area (Å²) in [5.74, 6) is -2.05. The van der Waals surface area contributed by atoms with Gasteiger partial charge < -0.3 is 19.3 Å². The van der Waals surface area contributed by atoms with Gasteiger partial charge in [0.05, 0.1) is 30.9 Å². The van der Waals surface area contributed by atoms with Gasteiger partial charge in [0.15, 0.2) is 17.0 Å². The number of fused-ring (bicyclic) bond motifs is 1. The van der Waals surface area contributed by atoms with Gasteiger partial charge in [0, 0.05) is 44.6 Å². The van der Waals surface area contributed by atoms with Crippen LogP contribution in [0.1, 0.15) is 55.6 Å². The number of rotatable bonds is 7. The van der Waals surface area contributed by atoms with Crippen LogP contribution in [-0.2, 0) is 17.5 Å². The third-order valence-corrected chi connectivity index (χ3v) is 9.19. The first-order valence-corrected chi connectivity index (χ1v) is 14.9. The average molecular weight is 629 g/mol. The van der Waals surface area contributed by atoms with E-state index in [-0.39, 0.29) is 43.4 Å². The summed E-state index contributed by atoms with van der Waals surface area (Å²) in [6, 6.07) is 3.38. The highest BCUT2D eigenvalue weighted by molar-refractivity contribution is 6.28. The van der Waals surface area contributed by atoms with Crippen molar-refractivity contribution in [1.29, 1.82) is 0 Å². The first-order chi connectivity index (χ1) is 20.3. The molecule has 3 aliphatic rings. The van der Waals surface area contributed by atoms with E-state index in [0.717, 1.165) is 30.8 Å². The molecule has 2 saturated heterocycles. The van der Waals surface area contributed by atoms with Crippen molar-refractivity contribution in [2.75, 3.05) is 31.2 Å². The van der Waals surface area contributed by atoms with Gasteiger partial charge in [-0.2, -0.15) is 23.1 Å². The summed E-state index contributed by atoms with van der Waals surface area (Å²) in [6.45, 7) is 5.47. The van der Waals surface area contributed by atoms with Gasteiger partial charge in [0.2, 0.25) is 11.2 Å². The molecule has 234 valence electrons. The van der Waals surface area contributed by atoms with E-state index < -0.39 is 35.7 Å². The second kappa shape index (κ2) is 11.4. The molecule has 1 N–H and O–H groups in total. The number of ether oxygens (including phenoxy) is 1. The maximum Gasteiger partial charge on any atom is 0.416 e. The Hall–Kier alpha value is -2.61. The molecule has 1 saturated carbocycles. The molecule has 2 aliphatic heterocycles. The fourth-order valence-corrected chi connectivity index (χ4v) is 7.04. The number of aliphatic hydroxyl groups excluding tert-OH is 1. The minimum Gasteiger partial charge on any atom is -0.395 e. The molecule has 0 bridgehead atoms. The number of nitrogens with zero attached hydrogens (tertiary/aromatic N) is 6. The summed E-state index contributed by atoms with van der Waals surface area (Å²) in [6.07, 6.45) is -3.26. The lowest BCUT2D eigenvalue weighted by Gasteiger charge is -2.52. The summed E-state index contributed by atoms with van der Waals surface area (Å²) in [5.41, 5.74) is 0.862. The van der Waals surface area contributed by atoms with Crippen LogP contribution in [-0.4, -0.2) is 79.9 Å². The van der Waals surface area contributed by atoms with Crippen LogP contribution in [0.3, 0.4) is 0 Å². The van der Waals surface area contributed by atoms with Crippen LogP contribution in [0.25, 0.3) is 11.2 Å². The number of halogens is 6. The molecule has 1 unspecified atom stereocenters. The lowest BCUT2D eigenvalue weighted by atomic mass is 9.73. The number of imidazole rings is 1. The number of aryl methyl sites for hydroxylation is 1. The smallest absolute Gasteiger partial charge is 0.395 e. The summed E-state index contributed by atoms with van der Waals surface area (Å²) in [7, 11) is 0. The van der Waals surface area contributed by atoms with E-state index >= 15 is 0 Å². The van der Waals surface area contributed by atoms with Crippen molar-refractivity contribution >= 4 is 28.6 Å². The van der Waals surface area contributed by atoms with Crippen molar-refractivity contribution in [2.45, 2.75) is 82.4 Å². The number of anilines is 1. The van der Waals surface area contributed by atoms with Gasteiger partial charge in [-0.1, -0.05) is 12.1 Å². The van der Waals surface area contributed by atoms with Crippen molar-refractivity contribution in [3.05, 3.63) is 46.5 Å². The lowest BCUT2D eigenvalue weighted by Crippen LogP contribution is -2.61. The van der Waals surface area contributed by atoms with E-state index in [4.69, 9.17) is 21.3 Å². The molecule has 0 spiro atoms. The maximum atomic E-state index is 14.1. The molecule has 1 aliphatic carbocycles. The Morgan fingerprint density at radius 2 is 1.84 bits per heavy atom. The summed E-state index contributed by atoms with van der Waals surface area (Å²) in [5, 5.41) is 10.6. The van der Waals surface area contributed by atoms with Crippen molar-refractivity contribution < 1.29 is 31.8 Å².